The van der Waals surface area contributed by atoms with E-state index in [1.165, 1.54) is 7.11 Å². The number of hydrogen-bond acceptors (Lipinski definition) is 4. The van der Waals surface area contributed by atoms with Crippen molar-refractivity contribution in [2.75, 3.05) is 21.3 Å². The molecule has 0 unspecified atom stereocenters. The summed E-state index contributed by atoms with van der Waals surface area (Å²) in [5.41, 5.74) is 0.510. The van der Waals surface area contributed by atoms with E-state index >= 15 is 0 Å². The fraction of sp³-hybridized carbons (Fsp3) is 0.214. The molecule has 0 aromatic heterocycles. The van der Waals surface area contributed by atoms with Gasteiger partial charge < -0.3 is 14.2 Å². The molecule has 0 heterocycles. The molecule has 0 bridgehead atoms. The quantitative estimate of drug-likeness (QED) is 0.778. The molecule has 0 spiro atoms. The number of fused-ring (bicyclic) bond motifs is 1. The summed E-state index contributed by atoms with van der Waals surface area (Å²) in [6.07, 6.45) is 0.785. The first-order chi connectivity index (χ1) is 8.76. The first kappa shape index (κ1) is 12.2. The van der Waals surface area contributed by atoms with Gasteiger partial charge in [0.2, 0.25) is 0 Å². The van der Waals surface area contributed by atoms with Crippen molar-refractivity contribution >= 4 is 17.1 Å². The summed E-state index contributed by atoms with van der Waals surface area (Å²) in [6.45, 7) is 0. The highest BCUT2D eigenvalue weighted by atomic mass is 16.5. The van der Waals surface area contributed by atoms with E-state index in [9.17, 15) is 4.79 Å². The number of carbonyl (C=O) groups is 1. The van der Waals surface area contributed by atoms with Gasteiger partial charge in [-0.05, 0) is 29.7 Å². The van der Waals surface area contributed by atoms with E-state index in [0.717, 1.165) is 17.1 Å². The van der Waals surface area contributed by atoms with Gasteiger partial charge in [-0.3, -0.25) is 4.79 Å². The molecule has 4 nitrogen and oxygen atoms in total. The van der Waals surface area contributed by atoms with Crippen LogP contribution in [0.1, 0.15) is 10.4 Å². The minimum Gasteiger partial charge on any atom is -0.496 e. The van der Waals surface area contributed by atoms with Gasteiger partial charge in [0.1, 0.15) is 5.75 Å². The maximum absolute atomic E-state index is 11.2. The first-order valence-corrected chi connectivity index (χ1v) is 5.43. The number of methoxy groups -OCH3 is 3. The minimum absolute atomic E-state index is 0.510. The van der Waals surface area contributed by atoms with Gasteiger partial charge in [0.05, 0.1) is 26.9 Å². The molecule has 0 saturated carbocycles. The SMILES string of the molecule is COc1ccc2c(OC)c(OC)ccc2c1C=O. The molecule has 0 fully saturated rings. The zero-order valence-electron chi connectivity index (χ0n) is 10.5. The van der Waals surface area contributed by atoms with E-state index in [1.54, 1.807) is 26.4 Å². The predicted octanol–water partition coefficient (Wildman–Crippen LogP) is 2.68. The van der Waals surface area contributed by atoms with Gasteiger partial charge in [-0.25, -0.2) is 0 Å². The number of aldehydes is 1. The molecule has 18 heavy (non-hydrogen) atoms. The fourth-order valence-corrected chi connectivity index (χ4v) is 2.03. The highest BCUT2D eigenvalue weighted by molar-refractivity contribution is 6.04. The molecule has 0 aliphatic rings. The number of ether oxygens (including phenoxy) is 3. The second-order valence-corrected chi connectivity index (χ2v) is 3.70. The van der Waals surface area contributed by atoms with Crippen molar-refractivity contribution in [1.29, 1.82) is 0 Å². The Balaban J connectivity index is 2.84. The van der Waals surface area contributed by atoms with Gasteiger partial charge in [0.25, 0.3) is 0 Å². The summed E-state index contributed by atoms with van der Waals surface area (Å²) in [7, 11) is 4.69. The van der Waals surface area contributed by atoms with Crippen LogP contribution >= 0.6 is 0 Å². The lowest BCUT2D eigenvalue weighted by Gasteiger charge is -2.13. The fourth-order valence-electron chi connectivity index (χ4n) is 2.03. The molecular weight excluding hydrogens is 232 g/mol. The van der Waals surface area contributed by atoms with E-state index in [-0.39, 0.29) is 0 Å². The highest BCUT2D eigenvalue weighted by Gasteiger charge is 2.14. The molecular formula is C14H14O4. The smallest absolute Gasteiger partial charge is 0.168 e. The second kappa shape index (κ2) is 4.96. The van der Waals surface area contributed by atoms with Crippen molar-refractivity contribution in [3.63, 3.8) is 0 Å². The van der Waals surface area contributed by atoms with Crippen LogP contribution in [0.3, 0.4) is 0 Å². The standard InChI is InChI=1S/C14H14O4/c1-16-12-6-5-10-9(11(12)8-15)4-7-13(17-2)14(10)18-3/h4-8H,1-3H3. The van der Waals surface area contributed by atoms with Gasteiger partial charge in [-0.15, -0.1) is 0 Å². The lowest BCUT2D eigenvalue weighted by Crippen LogP contribution is -1.95. The van der Waals surface area contributed by atoms with Gasteiger partial charge in [-0.2, -0.15) is 0 Å². The Morgan fingerprint density at radius 2 is 1.44 bits per heavy atom. The molecule has 0 aliphatic carbocycles. The Hall–Kier alpha value is -2.23. The average molecular weight is 246 g/mol. The maximum Gasteiger partial charge on any atom is 0.168 e. The number of benzene rings is 2. The third-order valence-corrected chi connectivity index (χ3v) is 2.88. The van der Waals surface area contributed by atoms with Crippen LogP contribution in [0.15, 0.2) is 24.3 Å². The zero-order chi connectivity index (χ0) is 13.1. The summed E-state index contributed by atoms with van der Waals surface area (Å²) in [5.74, 6) is 1.79. The Kier molecular flexibility index (Phi) is 3.37. The Bertz CT molecular complexity index is 590. The Labute approximate surface area is 105 Å². The lowest BCUT2D eigenvalue weighted by atomic mass is 10.0. The van der Waals surface area contributed by atoms with Crippen LogP contribution < -0.4 is 14.2 Å². The molecule has 0 radical (unpaired) electrons. The van der Waals surface area contributed by atoms with Gasteiger partial charge in [-0.1, -0.05) is 0 Å². The maximum atomic E-state index is 11.2. The number of carbonyl (C=O) groups excluding carboxylic acids is 1. The van der Waals surface area contributed by atoms with E-state index < -0.39 is 0 Å². The second-order valence-electron chi connectivity index (χ2n) is 3.70. The molecule has 94 valence electrons. The predicted molar refractivity (Wildman–Crippen MR) is 69.0 cm³/mol. The summed E-state index contributed by atoms with van der Waals surface area (Å²) in [6, 6.07) is 7.19. The molecule has 2 rings (SSSR count). The number of hydrogen-bond donors (Lipinski definition) is 0. The molecule has 2 aromatic carbocycles. The molecule has 0 aliphatic heterocycles. The van der Waals surface area contributed by atoms with Gasteiger partial charge in [0.15, 0.2) is 17.8 Å². The Morgan fingerprint density at radius 3 is 2.00 bits per heavy atom. The van der Waals surface area contributed by atoms with E-state index in [2.05, 4.69) is 0 Å². The topological polar surface area (TPSA) is 44.8 Å². The molecule has 0 atom stereocenters. The van der Waals surface area contributed by atoms with Crippen LogP contribution in [-0.2, 0) is 0 Å². The molecule has 0 amide bonds. The molecule has 0 N–H and O–H groups in total. The minimum atomic E-state index is 0.510. The summed E-state index contributed by atoms with van der Waals surface area (Å²) < 4.78 is 15.7. The van der Waals surface area contributed by atoms with Crippen molar-refractivity contribution in [2.45, 2.75) is 0 Å². The normalized spacial score (nSPS) is 10.2. The van der Waals surface area contributed by atoms with Crippen LogP contribution in [0.25, 0.3) is 10.8 Å². The van der Waals surface area contributed by atoms with Crippen LogP contribution in [0, 0.1) is 0 Å². The summed E-state index contributed by atoms with van der Waals surface area (Å²) >= 11 is 0. The van der Waals surface area contributed by atoms with E-state index in [1.807, 2.05) is 12.1 Å². The average Bonchev–Trinajstić information content (AvgIpc) is 2.44. The largest absolute Gasteiger partial charge is 0.496 e. The van der Waals surface area contributed by atoms with Crippen molar-refractivity contribution in [3.05, 3.63) is 29.8 Å². The van der Waals surface area contributed by atoms with Crippen LogP contribution in [0.4, 0.5) is 0 Å². The van der Waals surface area contributed by atoms with Gasteiger partial charge in [0, 0.05) is 5.39 Å². The summed E-state index contributed by atoms with van der Waals surface area (Å²) in [5, 5.41) is 1.60. The van der Waals surface area contributed by atoms with E-state index in [0.29, 0.717) is 22.8 Å². The Morgan fingerprint density at radius 1 is 0.833 bits per heavy atom. The van der Waals surface area contributed by atoms with Crippen molar-refractivity contribution in [2.24, 2.45) is 0 Å². The number of rotatable bonds is 4. The third-order valence-electron chi connectivity index (χ3n) is 2.88. The summed E-state index contributed by atoms with van der Waals surface area (Å²) in [4.78, 5) is 11.2. The monoisotopic (exact) mass is 246 g/mol. The van der Waals surface area contributed by atoms with Crippen LogP contribution in [0.5, 0.6) is 17.2 Å². The molecule has 2 aromatic rings. The van der Waals surface area contributed by atoms with Crippen LogP contribution in [-0.4, -0.2) is 27.6 Å². The van der Waals surface area contributed by atoms with Gasteiger partial charge >= 0.3 is 0 Å². The van der Waals surface area contributed by atoms with Crippen molar-refractivity contribution < 1.29 is 19.0 Å². The molecule has 0 saturated heterocycles. The zero-order valence-corrected chi connectivity index (χ0v) is 10.5. The van der Waals surface area contributed by atoms with Crippen molar-refractivity contribution in [1.82, 2.24) is 0 Å². The van der Waals surface area contributed by atoms with E-state index in [4.69, 9.17) is 14.2 Å². The van der Waals surface area contributed by atoms with Crippen LogP contribution in [0.2, 0.25) is 0 Å². The lowest BCUT2D eigenvalue weighted by molar-refractivity contribution is 0.112. The highest BCUT2D eigenvalue weighted by Crippen LogP contribution is 2.38. The molecule has 4 heteroatoms. The first-order valence-electron chi connectivity index (χ1n) is 5.43. The third kappa shape index (κ3) is 1.76. The van der Waals surface area contributed by atoms with Crippen molar-refractivity contribution in [3.8, 4) is 17.2 Å².